The molecule has 16 heavy (non-hydrogen) atoms. The summed E-state index contributed by atoms with van der Waals surface area (Å²) in [5, 5.41) is 14.9. The molecule has 0 bridgehead atoms. The van der Waals surface area contributed by atoms with Crippen molar-refractivity contribution in [2.24, 2.45) is 5.73 Å². The summed E-state index contributed by atoms with van der Waals surface area (Å²) in [4.78, 5) is 11.0. The van der Waals surface area contributed by atoms with Gasteiger partial charge < -0.3 is 5.73 Å². The number of hydrogen-bond donors (Lipinski definition) is 1. The summed E-state index contributed by atoms with van der Waals surface area (Å²) in [5.74, 6) is -0.0439. The first kappa shape index (κ1) is 10.9. The molecule has 1 aromatic carbocycles. The van der Waals surface area contributed by atoms with E-state index >= 15 is 0 Å². The zero-order valence-corrected chi connectivity index (χ0v) is 10.1. The normalized spacial score (nSPS) is 10.1. The molecule has 1 heterocycles. The van der Waals surface area contributed by atoms with E-state index in [2.05, 4.69) is 20.4 Å². The molecule has 6 nitrogen and oxygen atoms in total. The first-order chi connectivity index (χ1) is 7.68. The average Bonchev–Trinajstić information content (AvgIpc) is 2.29. The van der Waals surface area contributed by atoms with Gasteiger partial charge in [-0.05, 0) is 34.7 Å². The largest absolute Gasteiger partial charge is 0.366 e. The molecule has 0 saturated carbocycles. The highest BCUT2D eigenvalue weighted by Crippen LogP contribution is 2.19. The Balaban J connectivity index is 2.46. The standard InChI is InChI=1S/C9H6IN5O/c10-7-3-5(1-2-6(7)8(11)16)9-14-12-4-13-15-9/h1-4H,(H2,11,16). The van der Waals surface area contributed by atoms with Crippen LogP contribution in [0, 0.1) is 3.57 Å². The summed E-state index contributed by atoms with van der Waals surface area (Å²) in [7, 11) is 0. The zero-order valence-electron chi connectivity index (χ0n) is 7.96. The Morgan fingerprint density at radius 3 is 2.50 bits per heavy atom. The maximum Gasteiger partial charge on any atom is 0.249 e. The maximum absolute atomic E-state index is 11.0. The summed E-state index contributed by atoms with van der Waals surface area (Å²) in [6.45, 7) is 0. The van der Waals surface area contributed by atoms with Crippen LogP contribution in [-0.4, -0.2) is 26.3 Å². The summed E-state index contributed by atoms with van der Waals surface area (Å²) in [6, 6.07) is 5.11. The molecular formula is C9H6IN5O. The third-order valence-electron chi connectivity index (χ3n) is 1.90. The highest BCUT2D eigenvalue weighted by molar-refractivity contribution is 14.1. The Hall–Kier alpha value is -1.64. The van der Waals surface area contributed by atoms with Crippen molar-refractivity contribution < 1.29 is 4.79 Å². The Labute approximate surface area is 104 Å². The number of carbonyl (C=O) groups is 1. The van der Waals surface area contributed by atoms with Gasteiger partial charge >= 0.3 is 0 Å². The number of rotatable bonds is 2. The molecule has 0 aliphatic carbocycles. The van der Waals surface area contributed by atoms with Gasteiger partial charge in [0.2, 0.25) is 11.7 Å². The van der Waals surface area contributed by atoms with Crippen LogP contribution in [0.1, 0.15) is 10.4 Å². The second-order valence-electron chi connectivity index (χ2n) is 2.93. The molecule has 1 amide bonds. The molecule has 0 radical (unpaired) electrons. The fourth-order valence-corrected chi connectivity index (χ4v) is 1.95. The summed E-state index contributed by atoms with van der Waals surface area (Å²) in [5.41, 5.74) is 6.42. The van der Waals surface area contributed by atoms with Gasteiger partial charge in [-0.1, -0.05) is 6.07 Å². The van der Waals surface area contributed by atoms with Crippen molar-refractivity contribution in [1.29, 1.82) is 0 Å². The lowest BCUT2D eigenvalue weighted by molar-refractivity contribution is 0.0999. The van der Waals surface area contributed by atoms with Crippen LogP contribution < -0.4 is 5.73 Å². The molecule has 2 rings (SSSR count). The molecule has 7 heteroatoms. The highest BCUT2D eigenvalue weighted by Gasteiger charge is 2.09. The molecule has 1 aromatic heterocycles. The highest BCUT2D eigenvalue weighted by atomic mass is 127. The number of nitrogens with two attached hydrogens (primary N) is 1. The van der Waals surface area contributed by atoms with E-state index in [4.69, 9.17) is 5.73 Å². The first-order valence-corrected chi connectivity index (χ1v) is 5.36. The van der Waals surface area contributed by atoms with E-state index < -0.39 is 5.91 Å². The summed E-state index contributed by atoms with van der Waals surface area (Å²) < 4.78 is 0.745. The molecule has 80 valence electrons. The van der Waals surface area contributed by atoms with Crippen LogP contribution in [0.3, 0.4) is 0 Å². The van der Waals surface area contributed by atoms with Crippen LogP contribution in [-0.2, 0) is 0 Å². The van der Waals surface area contributed by atoms with Gasteiger partial charge in [-0.15, -0.1) is 20.4 Å². The van der Waals surface area contributed by atoms with Gasteiger partial charge in [-0.3, -0.25) is 4.79 Å². The number of aromatic nitrogens is 4. The molecule has 0 aliphatic rings. The van der Waals surface area contributed by atoms with E-state index in [1.165, 1.54) is 6.33 Å². The summed E-state index contributed by atoms with van der Waals surface area (Å²) in [6.07, 6.45) is 1.26. The molecule has 0 atom stereocenters. The van der Waals surface area contributed by atoms with Gasteiger partial charge in [0.1, 0.15) is 0 Å². The monoisotopic (exact) mass is 327 g/mol. The average molecular weight is 327 g/mol. The number of hydrogen-bond acceptors (Lipinski definition) is 5. The van der Waals surface area contributed by atoms with Crippen LogP contribution in [0.4, 0.5) is 0 Å². The molecule has 0 aliphatic heterocycles. The van der Waals surface area contributed by atoms with Crippen molar-refractivity contribution in [2.45, 2.75) is 0 Å². The summed E-state index contributed by atoms with van der Waals surface area (Å²) >= 11 is 2.03. The molecule has 2 aromatic rings. The third kappa shape index (κ3) is 2.13. The molecule has 0 unspecified atom stereocenters. The van der Waals surface area contributed by atoms with Crippen LogP contribution in [0.2, 0.25) is 0 Å². The molecule has 0 spiro atoms. The lowest BCUT2D eigenvalue weighted by Crippen LogP contribution is -2.12. The number of amides is 1. The molecule has 2 N–H and O–H groups in total. The Kier molecular flexibility index (Phi) is 3.04. The van der Waals surface area contributed by atoms with Crippen LogP contribution in [0.5, 0.6) is 0 Å². The van der Waals surface area contributed by atoms with Crippen LogP contribution in [0.15, 0.2) is 24.5 Å². The zero-order chi connectivity index (χ0) is 11.5. The van der Waals surface area contributed by atoms with Crippen molar-refractivity contribution in [3.05, 3.63) is 33.7 Å². The van der Waals surface area contributed by atoms with E-state index in [9.17, 15) is 4.79 Å². The Morgan fingerprint density at radius 2 is 1.94 bits per heavy atom. The minimum Gasteiger partial charge on any atom is -0.366 e. The fourth-order valence-electron chi connectivity index (χ4n) is 1.17. The lowest BCUT2D eigenvalue weighted by atomic mass is 10.1. The predicted octanol–water partition coefficient (Wildman–Crippen LogP) is 0.637. The second kappa shape index (κ2) is 4.47. The quantitative estimate of drug-likeness (QED) is 0.817. The number of primary amides is 1. The van der Waals surface area contributed by atoms with Crippen molar-refractivity contribution in [3.63, 3.8) is 0 Å². The topological polar surface area (TPSA) is 94.7 Å². The van der Waals surface area contributed by atoms with Crippen molar-refractivity contribution in [1.82, 2.24) is 20.4 Å². The number of benzene rings is 1. The minimum absolute atomic E-state index is 0.413. The van der Waals surface area contributed by atoms with E-state index in [1.54, 1.807) is 18.2 Å². The number of halogens is 1. The third-order valence-corrected chi connectivity index (χ3v) is 2.79. The SMILES string of the molecule is NC(=O)c1ccc(-c2nncnn2)cc1I. The van der Waals surface area contributed by atoms with E-state index in [-0.39, 0.29) is 0 Å². The maximum atomic E-state index is 11.0. The second-order valence-corrected chi connectivity index (χ2v) is 4.09. The van der Waals surface area contributed by atoms with Gasteiger partial charge in [0.25, 0.3) is 0 Å². The number of nitrogens with zero attached hydrogens (tertiary/aromatic N) is 4. The molecule has 0 fully saturated rings. The Morgan fingerprint density at radius 1 is 1.25 bits per heavy atom. The van der Waals surface area contributed by atoms with E-state index in [1.807, 2.05) is 22.6 Å². The lowest BCUT2D eigenvalue weighted by Gasteiger charge is -2.02. The van der Waals surface area contributed by atoms with Crippen LogP contribution >= 0.6 is 22.6 Å². The van der Waals surface area contributed by atoms with Gasteiger partial charge in [0, 0.05) is 9.13 Å². The molecular weight excluding hydrogens is 321 g/mol. The van der Waals surface area contributed by atoms with Gasteiger partial charge in [-0.2, -0.15) is 0 Å². The van der Waals surface area contributed by atoms with Gasteiger partial charge in [0.05, 0.1) is 5.56 Å². The van der Waals surface area contributed by atoms with Crippen molar-refractivity contribution >= 4 is 28.5 Å². The minimum atomic E-state index is -0.457. The van der Waals surface area contributed by atoms with Gasteiger partial charge in [-0.25, -0.2) is 0 Å². The fraction of sp³-hybridized carbons (Fsp3) is 0. The molecule has 0 saturated heterocycles. The van der Waals surface area contributed by atoms with Gasteiger partial charge in [0.15, 0.2) is 6.33 Å². The first-order valence-electron chi connectivity index (χ1n) is 4.28. The predicted molar refractivity (Wildman–Crippen MR) is 64.3 cm³/mol. The smallest absolute Gasteiger partial charge is 0.249 e. The Bertz CT molecular complexity index is 531. The number of carbonyl (C=O) groups excluding carboxylic acids is 1. The van der Waals surface area contributed by atoms with E-state index in [0.717, 1.165) is 9.13 Å². The van der Waals surface area contributed by atoms with Crippen LogP contribution in [0.25, 0.3) is 11.4 Å². The van der Waals surface area contributed by atoms with E-state index in [0.29, 0.717) is 11.4 Å². The van der Waals surface area contributed by atoms with Crippen molar-refractivity contribution in [2.75, 3.05) is 0 Å². The van der Waals surface area contributed by atoms with Crippen molar-refractivity contribution in [3.8, 4) is 11.4 Å².